The average molecular weight is 403 g/mol. The van der Waals surface area contributed by atoms with E-state index >= 15 is 0 Å². The van der Waals surface area contributed by atoms with Crippen LogP contribution < -0.4 is 0 Å². The Hall–Kier alpha value is -0.238. The molecule has 2 saturated heterocycles. The van der Waals surface area contributed by atoms with Gasteiger partial charge in [0, 0.05) is 20.1 Å². The minimum absolute atomic E-state index is 0.360. The minimum atomic E-state index is -1.27. The Morgan fingerprint density at radius 2 is 1.71 bits per heavy atom. The van der Waals surface area contributed by atoms with Crippen LogP contribution in [0.25, 0.3) is 0 Å². The van der Waals surface area contributed by atoms with Crippen LogP contribution in [0.1, 0.15) is 90.9 Å². The summed E-state index contributed by atoms with van der Waals surface area (Å²) >= 11 is 0. The number of hydrogen-bond donors (Lipinski definition) is 0. The topological polar surface area (TPSA) is 9.23 Å². The van der Waals surface area contributed by atoms with Gasteiger partial charge in [0.05, 0.1) is 0 Å². The van der Waals surface area contributed by atoms with E-state index in [1.54, 1.807) is 0 Å². The van der Waals surface area contributed by atoms with Crippen LogP contribution in [0.3, 0.4) is 0 Å². The van der Waals surface area contributed by atoms with Crippen LogP contribution in [0.4, 0.5) is 0 Å². The predicted octanol–water partition coefficient (Wildman–Crippen LogP) is 8.30. The highest BCUT2D eigenvalue weighted by molar-refractivity contribution is 6.88. The molecule has 0 aliphatic carbocycles. The fraction of sp³-hybridized carbons (Fsp3) is 0.880. The molecule has 0 aromatic carbocycles. The standard InChI is InChI=1S/C25H47BOSi/c1-7-10-11-16-21(14-8-2)24(15-9-3)27-26-23-19-12-17-22(18-13-20-23)25(26)28(4,5)6/h14,21-25H,2,7,9-13,15-20H2,1,3-6H3/t21-,22?,23?,24-,25?/m0/s1. The van der Waals surface area contributed by atoms with E-state index in [4.69, 9.17) is 4.65 Å². The normalized spacial score (nSPS) is 27.6. The molecule has 2 aliphatic rings. The first-order chi connectivity index (χ1) is 13.4. The molecule has 2 fully saturated rings. The van der Waals surface area contributed by atoms with Gasteiger partial charge in [-0.15, -0.1) is 5.73 Å². The van der Waals surface area contributed by atoms with Crippen LogP contribution in [0.2, 0.25) is 30.9 Å². The van der Waals surface area contributed by atoms with Crippen molar-refractivity contribution in [3.8, 4) is 0 Å². The molecule has 0 radical (unpaired) electrons. The third-order valence-electron chi connectivity index (χ3n) is 7.48. The molecular weight excluding hydrogens is 355 g/mol. The van der Waals surface area contributed by atoms with Crippen LogP contribution in [-0.4, -0.2) is 21.1 Å². The zero-order valence-corrected chi connectivity index (χ0v) is 20.6. The minimum Gasteiger partial charge on any atom is -0.432 e. The highest BCUT2D eigenvalue weighted by atomic mass is 28.3. The van der Waals surface area contributed by atoms with Gasteiger partial charge in [-0.25, -0.2) is 0 Å². The van der Waals surface area contributed by atoms with Crippen molar-refractivity contribution in [3.63, 3.8) is 0 Å². The molecule has 0 spiro atoms. The Kier molecular flexibility index (Phi) is 10.1. The lowest BCUT2D eigenvalue weighted by Gasteiger charge is -2.41. The van der Waals surface area contributed by atoms with Gasteiger partial charge in [0.15, 0.2) is 0 Å². The fourth-order valence-corrected chi connectivity index (χ4v) is 9.33. The van der Waals surface area contributed by atoms with Gasteiger partial charge >= 0.3 is 0 Å². The molecule has 3 heteroatoms. The van der Waals surface area contributed by atoms with E-state index in [-0.39, 0.29) is 0 Å². The highest BCUT2D eigenvalue weighted by Gasteiger charge is 2.50. The third-order valence-corrected chi connectivity index (χ3v) is 10.3. The van der Waals surface area contributed by atoms with Crippen molar-refractivity contribution >= 4 is 15.0 Å². The summed E-state index contributed by atoms with van der Waals surface area (Å²) in [5.41, 5.74) is 3.96. The van der Waals surface area contributed by atoms with Crippen molar-refractivity contribution in [2.75, 3.05) is 0 Å². The fourth-order valence-electron chi connectivity index (χ4n) is 6.25. The molecule has 1 unspecified atom stereocenters. The Morgan fingerprint density at radius 3 is 2.25 bits per heavy atom. The summed E-state index contributed by atoms with van der Waals surface area (Å²) in [5, 5.41) is 0. The van der Waals surface area contributed by atoms with Gasteiger partial charge in [0.1, 0.15) is 0 Å². The smallest absolute Gasteiger partial charge is 0.297 e. The van der Waals surface area contributed by atoms with E-state index in [1.165, 1.54) is 77.0 Å². The number of fused-ring (bicyclic) bond motifs is 3. The van der Waals surface area contributed by atoms with Gasteiger partial charge in [-0.2, -0.15) is 0 Å². The lowest BCUT2D eigenvalue weighted by atomic mass is 9.50. The second-order valence-corrected chi connectivity index (χ2v) is 16.1. The quantitative estimate of drug-likeness (QED) is 0.192. The summed E-state index contributed by atoms with van der Waals surface area (Å²) in [5.74, 6) is 2.21. The lowest BCUT2D eigenvalue weighted by molar-refractivity contribution is 0.131. The molecule has 0 N–H and O–H groups in total. The average Bonchev–Trinajstić information content (AvgIpc) is 2.89. The van der Waals surface area contributed by atoms with Crippen LogP contribution in [0, 0.1) is 11.8 Å². The van der Waals surface area contributed by atoms with E-state index < -0.39 is 8.07 Å². The SMILES string of the molecule is C=C=C[C@@H](CCCCC)[C@H](CCC)OB1C2CCCC(CCC2)C1[Si](C)(C)C. The summed E-state index contributed by atoms with van der Waals surface area (Å²) in [6.45, 7) is 16.8. The first-order valence-corrected chi connectivity index (χ1v) is 16.0. The van der Waals surface area contributed by atoms with Gasteiger partial charge < -0.3 is 4.65 Å². The molecule has 28 heavy (non-hydrogen) atoms. The second-order valence-electron chi connectivity index (χ2n) is 10.7. The summed E-state index contributed by atoms with van der Waals surface area (Å²) in [6.07, 6.45) is 18.7. The first-order valence-electron chi connectivity index (χ1n) is 12.4. The van der Waals surface area contributed by atoms with E-state index in [0.717, 1.165) is 17.2 Å². The maximum absolute atomic E-state index is 7.25. The molecule has 160 valence electrons. The molecule has 0 aromatic heterocycles. The van der Waals surface area contributed by atoms with E-state index in [0.29, 0.717) is 18.9 Å². The second kappa shape index (κ2) is 11.8. The van der Waals surface area contributed by atoms with Crippen molar-refractivity contribution < 1.29 is 4.65 Å². The zero-order valence-electron chi connectivity index (χ0n) is 19.6. The van der Waals surface area contributed by atoms with Gasteiger partial charge in [-0.05, 0) is 36.1 Å². The molecule has 2 aliphatic heterocycles. The van der Waals surface area contributed by atoms with Gasteiger partial charge in [-0.3, -0.25) is 0 Å². The van der Waals surface area contributed by atoms with E-state index in [9.17, 15) is 0 Å². The molecule has 1 nitrogen and oxygen atoms in total. The largest absolute Gasteiger partial charge is 0.432 e. The monoisotopic (exact) mass is 402 g/mol. The Balaban J connectivity index is 2.26. The molecule has 0 amide bonds. The number of rotatable bonds is 11. The summed E-state index contributed by atoms with van der Waals surface area (Å²) in [7, 11) is -1.27. The summed E-state index contributed by atoms with van der Waals surface area (Å²) in [6, 6.07) is 0. The Labute approximate surface area is 177 Å². The van der Waals surface area contributed by atoms with Gasteiger partial charge in [0.25, 0.3) is 6.92 Å². The van der Waals surface area contributed by atoms with E-state index in [2.05, 4.69) is 51.9 Å². The van der Waals surface area contributed by atoms with Crippen molar-refractivity contribution in [2.45, 2.75) is 128 Å². The molecular formula is C25H47BOSi. The van der Waals surface area contributed by atoms with Crippen molar-refractivity contribution in [1.82, 2.24) is 0 Å². The molecule has 2 bridgehead atoms. The van der Waals surface area contributed by atoms with Gasteiger partial charge in [0.2, 0.25) is 0 Å². The van der Waals surface area contributed by atoms with E-state index in [1.807, 2.05) is 0 Å². The third kappa shape index (κ3) is 6.64. The first kappa shape index (κ1) is 24.0. The Morgan fingerprint density at radius 1 is 1.04 bits per heavy atom. The van der Waals surface area contributed by atoms with Crippen molar-refractivity contribution in [1.29, 1.82) is 0 Å². The molecule has 3 atom stereocenters. The molecule has 2 heterocycles. The maximum Gasteiger partial charge on any atom is 0.297 e. The van der Waals surface area contributed by atoms with Gasteiger partial charge in [-0.1, -0.05) is 104 Å². The van der Waals surface area contributed by atoms with Crippen LogP contribution in [0.15, 0.2) is 18.4 Å². The molecule has 0 saturated carbocycles. The zero-order chi connectivity index (χ0) is 20.6. The summed E-state index contributed by atoms with van der Waals surface area (Å²) < 4.78 is 7.25. The number of hydrogen-bond acceptors (Lipinski definition) is 1. The molecule has 2 rings (SSSR count). The predicted molar refractivity (Wildman–Crippen MR) is 129 cm³/mol. The lowest BCUT2D eigenvalue weighted by Crippen LogP contribution is -2.47. The van der Waals surface area contributed by atoms with Crippen LogP contribution in [-0.2, 0) is 4.65 Å². The van der Waals surface area contributed by atoms with Crippen molar-refractivity contribution in [3.05, 3.63) is 18.4 Å². The maximum atomic E-state index is 7.25. The van der Waals surface area contributed by atoms with Crippen LogP contribution in [0.5, 0.6) is 0 Å². The summed E-state index contributed by atoms with van der Waals surface area (Å²) in [4.78, 5) is 0. The molecule has 0 aromatic rings. The Bertz CT molecular complexity index is 483. The van der Waals surface area contributed by atoms with Crippen molar-refractivity contribution in [2.24, 2.45) is 11.8 Å². The van der Waals surface area contributed by atoms with Crippen LogP contribution >= 0.6 is 0 Å². The highest BCUT2D eigenvalue weighted by Crippen LogP contribution is 2.51. The number of unbranched alkanes of at least 4 members (excludes halogenated alkanes) is 2.